The van der Waals surface area contributed by atoms with Gasteiger partial charge in [0.05, 0.1) is 12.0 Å². The lowest BCUT2D eigenvalue weighted by atomic mass is 10.2. The summed E-state index contributed by atoms with van der Waals surface area (Å²) in [5.74, 6) is 0.808. The molecule has 0 unspecified atom stereocenters. The van der Waals surface area contributed by atoms with Gasteiger partial charge in [-0.3, -0.25) is 10.1 Å². The zero-order chi connectivity index (χ0) is 13.7. The SMILES string of the molecule is COc1cccc(CNc2ccc([N+](=O)[O-])cc2)c1. The number of non-ortho nitro benzene ring substituents is 1. The maximum Gasteiger partial charge on any atom is 0.269 e. The summed E-state index contributed by atoms with van der Waals surface area (Å²) in [5, 5.41) is 13.7. The average Bonchev–Trinajstić information content (AvgIpc) is 2.46. The fourth-order valence-electron chi connectivity index (χ4n) is 1.69. The fraction of sp³-hybridized carbons (Fsp3) is 0.143. The van der Waals surface area contributed by atoms with E-state index >= 15 is 0 Å². The van der Waals surface area contributed by atoms with E-state index in [1.807, 2.05) is 24.3 Å². The number of nitro benzene ring substituents is 1. The topological polar surface area (TPSA) is 64.4 Å². The molecule has 0 saturated heterocycles. The lowest BCUT2D eigenvalue weighted by Crippen LogP contribution is -1.99. The minimum Gasteiger partial charge on any atom is -0.497 e. The Morgan fingerprint density at radius 3 is 2.58 bits per heavy atom. The molecule has 0 bridgehead atoms. The molecule has 0 aliphatic rings. The van der Waals surface area contributed by atoms with Crippen LogP contribution in [-0.2, 0) is 6.54 Å². The minimum atomic E-state index is -0.411. The van der Waals surface area contributed by atoms with Gasteiger partial charge < -0.3 is 10.1 Å². The summed E-state index contributed by atoms with van der Waals surface area (Å²) < 4.78 is 5.15. The first kappa shape index (κ1) is 12.9. The maximum absolute atomic E-state index is 10.5. The quantitative estimate of drug-likeness (QED) is 0.660. The van der Waals surface area contributed by atoms with Crippen LogP contribution in [-0.4, -0.2) is 12.0 Å². The maximum atomic E-state index is 10.5. The molecule has 5 nitrogen and oxygen atoms in total. The number of nitro groups is 1. The van der Waals surface area contributed by atoms with Crippen molar-refractivity contribution in [3.8, 4) is 5.75 Å². The molecule has 0 aromatic heterocycles. The van der Waals surface area contributed by atoms with Crippen molar-refractivity contribution in [3.05, 3.63) is 64.2 Å². The van der Waals surface area contributed by atoms with Crippen molar-refractivity contribution in [2.75, 3.05) is 12.4 Å². The molecule has 0 aliphatic carbocycles. The second-order valence-corrected chi connectivity index (χ2v) is 4.01. The molecule has 0 atom stereocenters. The van der Waals surface area contributed by atoms with Gasteiger partial charge in [-0.2, -0.15) is 0 Å². The first-order chi connectivity index (χ1) is 9.19. The molecule has 1 N–H and O–H groups in total. The predicted octanol–water partition coefficient (Wildman–Crippen LogP) is 3.22. The Morgan fingerprint density at radius 2 is 1.95 bits per heavy atom. The van der Waals surface area contributed by atoms with E-state index < -0.39 is 4.92 Å². The summed E-state index contributed by atoms with van der Waals surface area (Å²) in [6.07, 6.45) is 0. The molecule has 2 rings (SSSR count). The van der Waals surface area contributed by atoms with Gasteiger partial charge in [-0.15, -0.1) is 0 Å². The van der Waals surface area contributed by atoms with E-state index in [0.29, 0.717) is 6.54 Å². The van der Waals surface area contributed by atoms with Crippen molar-refractivity contribution in [2.24, 2.45) is 0 Å². The number of anilines is 1. The summed E-state index contributed by atoms with van der Waals surface area (Å²) >= 11 is 0. The summed E-state index contributed by atoms with van der Waals surface area (Å²) in [6, 6.07) is 14.1. The van der Waals surface area contributed by atoms with Crippen LogP contribution in [0.25, 0.3) is 0 Å². The number of ether oxygens (including phenoxy) is 1. The number of hydrogen-bond acceptors (Lipinski definition) is 4. The van der Waals surface area contributed by atoms with Crippen LogP contribution < -0.4 is 10.1 Å². The molecule has 19 heavy (non-hydrogen) atoms. The zero-order valence-corrected chi connectivity index (χ0v) is 10.5. The van der Waals surface area contributed by atoms with Crippen molar-refractivity contribution < 1.29 is 9.66 Å². The van der Waals surface area contributed by atoms with Gasteiger partial charge in [-0.25, -0.2) is 0 Å². The van der Waals surface area contributed by atoms with Crippen molar-refractivity contribution >= 4 is 11.4 Å². The molecule has 0 saturated carbocycles. The normalized spacial score (nSPS) is 9.95. The molecule has 0 amide bonds. The van der Waals surface area contributed by atoms with Crippen LogP contribution in [0.3, 0.4) is 0 Å². The molecule has 0 radical (unpaired) electrons. The van der Waals surface area contributed by atoms with Crippen molar-refractivity contribution in [1.29, 1.82) is 0 Å². The number of nitrogens with zero attached hydrogens (tertiary/aromatic N) is 1. The van der Waals surface area contributed by atoms with E-state index in [4.69, 9.17) is 4.74 Å². The van der Waals surface area contributed by atoms with Crippen LogP contribution in [0.4, 0.5) is 11.4 Å². The number of nitrogens with one attached hydrogen (secondary N) is 1. The third-order valence-corrected chi connectivity index (χ3v) is 2.71. The Balaban J connectivity index is 1.99. The smallest absolute Gasteiger partial charge is 0.269 e. The molecular weight excluding hydrogens is 244 g/mol. The molecule has 98 valence electrons. The standard InChI is InChI=1S/C14H14N2O3/c1-19-14-4-2-3-11(9-14)10-15-12-5-7-13(8-6-12)16(17)18/h2-9,15H,10H2,1H3. The Kier molecular flexibility index (Phi) is 3.97. The van der Waals surface area contributed by atoms with E-state index in [1.165, 1.54) is 12.1 Å². The highest BCUT2D eigenvalue weighted by Crippen LogP contribution is 2.17. The van der Waals surface area contributed by atoms with E-state index in [0.717, 1.165) is 17.0 Å². The van der Waals surface area contributed by atoms with Gasteiger partial charge in [-0.1, -0.05) is 12.1 Å². The largest absolute Gasteiger partial charge is 0.497 e. The van der Waals surface area contributed by atoms with Gasteiger partial charge in [0.15, 0.2) is 0 Å². The molecular formula is C14H14N2O3. The summed E-state index contributed by atoms with van der Waals surface area (Å²) in [7, 11) is 1.63. The Hall–Kier alpha value is -2.56. The molecule has 2 aromatic carbocycles. The summed E-state index contributed by atoms with van der Waals surface area (Å²) in [5.41, 5.74) is 2.01. The van der Waals surface area contributed by atoms with E-state index in [-0.39, 0.29) is 5.69 Å². The van der Waals surface area contributed by atoms with Gasteiger partial charge in [0.2, 0.25) is 0 Å². The Morgan fingerprint density at radius 1 is 1.21 bits per heavy atom. The van der Waals surface area contributed by atoms with Crippen LogP contribution in [0.5, 0.6) is 5.75 Å². The first-order valence-corrected chi connectivity index (χ1v) is 5.80. The number of methoxy groups -OCH3 is 1. The Labute approximate surface area is 111 Å². The van der Waals surface area contributed by atoms with Crippen molar-refractivity contribution in [2.45, 2.75) is 6.54 Å². The highest BCUT2D eigenvalue weighted by Gasteiger charge is 2.03. The lowest BCUT2D eigenvalue weighted by Gasteiger charge is -2.07. The number of benzene rings is 2. The second-order valence-electron chi connectivity index (χ2n) is 4.01. The van der Waals surface area contributed by atoms with Crippen molar-refractivity contribution in [3.63, 3.8) is 0 Å². The highest BCUT2D eigenvalue weighted by atomic mass is 16.6. The van der Waals surface area contributed by atoms with Crippen LogP contribution in [0.1, 0.15) is 5.56 Å². The van der Waals surface area contributed by atoms with Gasteiger partial charge in [0, 0.05) is 24.4 Å². The van der Waals surface area contributed by atoms with Crippen LogP contribution in [0, 0.1) is 10.1 Å². The van der Waals surface area contributed by atoms with E-state index in [1.54, 1.807) is 19.2 Å². The summed E-state index contributed by atoms with van der Waals surface area (Å²) in [6.45, 7) is 0.634. The van der Waals surface area contributed by atoms with Crippen molar-refractivity contribution in [1.82, 2.24) is 0 Å². The number of hydrogen-bond donors (Lipinski definition) is 1. The van der Waals surface area contributed by atoms with Gasteiger partial charge >= 0.3 is 0 Å². The first-order valence-electron chi connectivity index (χ1n) is 5.80. The molecule has 0 aliphatic heterocycles. The molecule has 5 heteroatoms. The van der Waals surface area contributed by atoms with Crippen LogP contribution in [0.15, 0.2) is 48.5 Å². The Bertz CT molecular complexity index is 567. The molecule has 0 fully saturated rings. The third kappa shape index (κ3) is 3.45. The minimum absolute atomic E-state index is 0.0898. The highest BCUT2D eigenvalue weighted by molar-refractivity contribution is 5.49. The monoisotopic (exact) mass is 258 g/mol. The average molecular weight is 258 g/mol. The number of rotatable bonds is 5. The van der Waals surface area contributed by atoms with Crippen LogP contribution >= 0.6 is 0 Å². The van der Waals surface area contributed by atoms with Gasteiger partial charge in [0.25, 0.3) is 5.69 Å². The zero-order valence-electron chi connectivity index (χ0n) is 10.5. The van der Waals surface area contributed by atoms with Gasteiger partial charge in [0.1, 0.15) is 5.75 Å². The third-order valence-electron chi connectivity index (χ3n) is 2.71. The van der Waals surface area contributed by atoms with E-state index in [9.17, 15) is 10.1 Å². The van der Waals surface area contributed by atoms with E-state index in [2.05, 4.69) is 5.32 Å². The molecule has 0 heterocycles. The van der Waals surface area contributed by atoms with Crippen LogP contribution in [0.2, 0.25) is 0 Å². The van der Waals surface area contributed by atoms with Gasteiger partial charge in [-0.05, 0) is 29.8 Å². The second kappa shape index (κ2) is 5.86. The predicted molar refractivity (Wildman–Crippen MR) is 73.4 cm³/mol. The molecule has 2 aromatic rings. The lowest BCUT2D eigenvalue weighted by molar-refractivity contribution is -0.384. The molecule has 0 spiro atoms. The fourth-order valence-corrected chi connectivity index (χ4v) is 1.69. The summed E-state index contributed by atoms with van der Waals surface area (Å²) in [4.78, 5) is 10.1.